The fourth-order valence-electron chi connectivity index (χ4n) is 1.91. The summed E-state index contributed by atoms with van der Waals surface area (Å²) >= 11 is 0. The Morgan fingerprint density at radius 3 is 2.83 bits per heavy atom. The van der Waals surface area contributed by atoms with Crippen molar-refractivity contribution in [1.29, 1.82) is 0 Å². The minimum atomic E-state index is -0.116. The third-order valence-corrected chi connectivity index (χ3v) is 2.88. The van der Waals surface area contributed by atoms with Crippen LogP contribution in [-0.4, -0.2) is 21.6 Å². The number of nitrogens with two attached hydrogens (primary N) is 1. The van der Waals surface area contributed by atoms with Gasteiger partial charge in [-0.1, -0.05) is 6.07 Å². The van der Waals surface area contributed by atoms with E-state index < -0.39 is 0 Å². The molecule has 2 aromatic rings. The number of hydrogen-bond donors (Lipinski definition) is 1. The van der Waals surface area contributed by atoms with Gasteiger partial charge in [0.1, 0.15) is 5.82 Å². The summed E-state index contributed by atoms with van der Waals surface area (Å²) in [6, 6.07) is 3.70. The van der Waals surface area contributed by atoms with Gasteiger partial charge in [-0.15, -0.1) is 0 Å². The lowest BCUT2D eigenvalue weighted by Gasteiger charge is -2.13. The van der Waals surface area contributed by atoms with Crippen molar-refractivity contribution in [3.05, 3.63) is 42.1 Å². The van der Waals surface area contributed by atoms with E-state index in [4.69, 9.17) is 10.5 Å². The molecule has 0 aliphatic carbocycles. The third-order valence-electron chi connectivity index (χ3n) is 2.88. The minimum absolute atomic E-state index is 0.116. The van der Waals surface area contributed by atoms with E-state index in [1.807, 2.05) is 18.3 Å². The summed E-state index contributed by atoms with van der Waals surface area (Å²) in [4.78, 5) is 8.48. The molecule has 5 nitrogen and oxygen atoms in total. The van der Waals surface area contributed by atoms with Crippen molar-refractivity contribution in [1.82, 2.24) is 14.5 Å². The maximum absolute atomic E-state index is 6.18. The standard InChI is InChI=1S/C13H18N4O/c1-3-17-7-6-15-13(17)11(14)8-10-4-5-12(18-2)16-9-10/h4-7,9,11H,3,8,14H2,1-2H3. The highest BCUT2D eigenvalue weighted by Gasteiger charge is 2.12. The second-order valence-electron chi connectivity index (χ2n) is 4.09. The number of aromatic nitrogens is 3. The Balaban J connectivity index is 2.08. The van der Waals surface area contributed by atoms with E-state index >= 15 is 0 Å². The number of ether oxygens (including phenoxy) is 1. The monoisotopic (exact) mass is 246 g/mol. The SMILES string of the molecule is CCn1ccnc1C(N)Cc1ccc(OC)nc1. The lowest BCUT2D eigenvalue weighted by molar-refractivity contribution is 0.397. The first-order valence-electron chi connectivity index (χ1n) is 6.00. The number of hydrogen-bond acceptors (Lipinski definition) is 4. The highest BCUT2D eigenvalue weighted by atomic mass is 16.5. The Hall–Kier alpha value is -1.88. The largest absolute Gasteiger partial charge is 0.481 e. The van der Waals surface area contributed by atoms with E-state index in [9.17, 15) is 0 Å². The van der Waals surface area contributed by atoms with Crippen molar-refractivity contribution in [3.8, 4) is 5.88 Å². The van der Waals surface area contributed by atoms with E-state index in [2.05, 4.69) is 21.5 Å². The molecule has 0 saturated carbocycles. The maximum Gasteiger partial charge on any atom is 0.212 e. The van der Waals surface area contributed by atoms with Gasteiger partial charge in [0.15, 0.2) is 0 Å². The number of rotatable bonds is 5. The van der Waals surface area contributed by atoms with E-state index in [0.717, 1.165) is 17.9 Å². The molecule has 0 bridgehead atoms. The van der Waals surface area contributed by atoms with Gasteiger partial charge >= 0.3 is 0 Å². The van der Waals surface area contributed by atoms with Gasteiger partial charge in [0.05, 0.1) is 13.2 Å². The molecule has 0 amide bonds. The first-order chi connectivity index (χ1) is 8.74. The van der Waals surface area contributed by atoms with Crippen molar-refractivity contribution in [2.24, 2.45) is 5.73 Å². The van der Waals surface area contributed by atoms with Crippen molar-refractivity contribution < 1.29 is 4.74 Å². The maximum atomic E-state index is 6.18. The van der Waals surface area contributed by atoms with Gasteiger partial charge in [0, 0.05) is 31.2 Å². The van der Waals surface area contributed by atoms with Crippen LogP contribution in [0.25, 0.3) is 0 Å². The molecule has 5 heteroatoms. The molecule has 0 aliphatic rings. The van der Waals surface area contributed by atoms with Crippen molar-refractivity contribution >= 4 is 0 Å². The lowest BCUT2D eigenvalue weighted by Crippen LogP contribution is -2.18. The van der Waals surface area contributed by atoms with Crippen LogP contribution in [0.3, 0.4) is 0 Å². The first-order valence-corrected chi connectivity index (χ1v) is 6.00. The molecule has 2 N–H and O–H groups in total. The van der Waals surface area contributed by atoms with Crippen LogP contribution in [-0.2, 0) is 13.0 Å². The van der Waals surface area contributed by atoms with Gasteiger partial charge < -0.3 is 15.0 Å². The zero-order chi connectivity index (χ0) is 13.0. The number of imidazole rings is 1. The highest BCUT2D eigenvalue weighted by Crippen LogP contribution is 2.15. The Kier molecular flexibility index (Phi) is 3.94. The predicted molar refractivity (Wildman–Crippen MR) is 69.3 cm³/mol. The molecule has 0 saturated heterocycles. The average molecular weight is 246 g/mol. The van der Waals surface area contributed by atoms with E-state index in [0.29, 0.717) is 12.3 Å². The molecule has 0 spiro atoms. The van der Waals surface area contributed by atoms with Gasteiger partial charge in [-0.25, -0.2) is 9.97 Å². The smallest absolute Gasteiger partial charge is 0.212 e. The molecule has 0 aliphatic heterocycles. The van der Waals surface area contributed by atoms with Gasteiger partial charge in [-0.2, -0.15) is 0 Å². The lowest BCUT2D eigenvalue weighted by atomic mass is 10.1. The Labute approximate surface area is 107 Å². The fourth-order valence-corrected chi connectivity index (χ4v) is 1.91. The highest BCUT2D eigenvalue weighted by molar-refractivity contribution is 5.19. The van der Waals surface area contributed by atoms with Crippen molar-refractivity contribution in [2.75, 3.05) is 7.11 Å². The predicted octanol–water partition coefficient (Wildman–Crippen LogP) is 1.55. The summed E-state index contributed by atoms with van der Waals surface area (Å²) in [5, 5.41) is 0. The summed E-state index contributed by atoms with van der Waals surface area (Å²) in [7, 11) is 1.60. The molecular formula is C13H18N4O. The summed E-state index contributed by atoms with van der Waals surface area (Å²) in [6.07, 6.45) is 6.23. The molecular weight excluding hydrogens is 228 g/mol. The summed E-state index contributed by atoms with van der Waals surface area (Å²) in [5.74, 6) is 1.52. The van der Waals surface area contributed by atoms with E-state index in [-0.39, 0.29) is 6.04 Å². The van der Waals surface area contributed by atoms with Crippen LogP contribution in [0.2, 0.25) is 0 Å². The number of methoxy groups -OCH3 is 1. The third kappa shape index (κ3) is 2.68. The molecule has 0 aromatic carbocycles. The van der Waals surface area contributed by atoms with Gasteiger partial charge in [-0.05, 0) is 18.9 Å². The van der Waals surface area contributed by atoms with Gasteiger partial charge in [0.25, 0.3) is 0 Å². The molecule has 2 aromatic heterocycles. The zero-order valence-corrected chi connectivity index (χ0v) is 10.7. The van der Waals surface area contributed by atoms with E-state index in [1.165, 1.54) is 0 Å². The van der Waals surface area contributed by atoms with Crippen LogP contribution in [0.4, 0.5) is 0 Å². The van der Waals surface area contributed by atoms with Crippen molar-refractivity contribution in [2.45, 2.75) is 25.9 Å². The van der Waals surface area contributed by atoms with Crippen LogP contribution < -0.4 is 10.5 Å². The molecule has 0 radical (unpaired) electrons. The fraction of sp³-hybridized carbons (Fsp3) is 0.385. The quantitative estimate of drug-likeness (QED) is 0.869. The normalized spacial score (nSPS) is 12.4. The summed E-state index contributed by atoms with van der Waals surface area (Å²) in [5.41, 5.74) is 7.25. The van der Waals surface area contributed by atoms with Crippen LogP contribution in [0.5, 0.6) is 5.88 Å². The van der Waals surface area contributed by atoms with Gasteiger partial charge in [-0.3, -0.25) is 0 Å². The first kappa shape index (κ1) is 12.6. The molecule has 18 heavy (non-hydrogen) atoms. The molecule has 1 atom stereocenters. The number of pyridine rings is 1. The molecule has 2 rings (SSSR count). The zero-order valence-electron chi connectivity index (χ0n) is 10.7. The second-order valence-corrected chi connectivity index (χ2v) is 4.09. The van der Waals surface area contributed by atoms with E-state index in [1.54, 1.807) is 19.5 Å². The second kappa shape index (κ2) is 5.64. The Bertz CT molecular complexity index is 492. The van der Waals surface area contributed by atoms with Gasteiger partial charge in [0.2, 0.25) is 5.88 Å². The average Bonchev–Trinajstić information content (AvgIpc) is 2.88. The minimum Gasteiger partial charge on any atom is -0.481 e. The van der Waals surface area contributed by atoms with Crippen LogP contribution in [0, 0.1) is 0 Å². The molecule has 2 heterocycles. The van der Waals surface area contributed by atoms with Crippen LogP contribution in [0.1, 0.15) is 24.4 Å². The Morgan fingerprint density at radius 1 is 1.39 bits per heavy atom. The molecule has 1 unspecified atom stereocenters. The molecule has 0 fully saturated rings. The van der Waals surface area contributed by atoms with Crippen molar-refractivity contribution in [3.63, 3.8) is 0 Å². The molecule has 96 valence electrons. The topological polar surface area (TPSA) is 66.0 Å². The summed E-state index contributed by atoms with van der Waals surface area (Å²) < 4.78 is 7.08. The summed E-state index contributed by atoms with van der Waals surface area (Å²) in [6.45, 7) is 2.96. The number of aryl methyl sites for hydroxylation is 1. The van der Waals surface area contributed by atoms with Crippen LogP contribution >= 0.6 is 0 Å². The Morgan fingerprint density at radius 2 is 2.22 bits per heavy atom. The number of nitrogens with zero attached hydrogens (tertiary/aromatic N) is 3. The van der Waals surface area contributed by atoms with Crippen LogP contribution in [0.15, 0.2) is 30.7 Å².